The number of aromatic nitrogens is 5. The van der Waals surface area contributed by atoms with Crippen LogP contribution in [0.4, 0.5) is 10.6 Å². The number of aromatic hydroxyl groups is 1. The number of aliphatic hydroxyl groups is 1. The second-order valence-electron chi connectivity index (χ2n) is 11.4. The highest BCUT2D eigenvalue weighted by atomic mass is 35.5. The summed E-state index contributed by atoms with van der Waals surface area (Å²) in [6, 6.07) is 25.5. The number of carbonyl (C=O) groups excluding carboxylic acids is 1. The second-order valence-corrected chi connectivity index (χ2v) is 14.4. The Kier molecular flexibility index (Phi) is 10.3. The number of ether oxygens (including phenoxy) is 1. The number of hydrogen-bond donors (Lipinski definition) is 4. The molecule has 6 aromatic rings. The number of carbonyl (C=O) groups is 1. The number of nitrogens with one attached hydrogen (secondary N) is 2. The predicted molar refractivity (Wildman–Crippen MR) is 194 cm³/mol. The van der Waals surface area contributed by atoms with Crippen molar-refractivity contribution in [1.29, 1.82) is 0 Å². The summed E-state index contributed by atoms with van der Waals surface area (Å²) in [6.07, 6.45) is 3.99. The lowest BCUT2D eigenvalue weighted by atomic mass is 10.1. The average molecular weight is 716 g/mol. The number of fused-ring (bicyclic) bond motifs is 1. The van der Waals surface area contributed by atoms with Crippen LogP contribution in [0, 0.1) is 0 Å². The molecule has 0 radical (unpaired) electrons. The van der Waals surface area contributed by atoms with Gasteiger partial charge in [-0.25, -0.2) is 9.48 Å². The van der Waals surface area contributed by atoms with Crippen LogP contribution in [0.2, 0.25) is 5.02 Å². The monoisotopic (exact) mass is 715 g/mol. The fourth-order valence-corrected chi connectivity index (χ4v) is 6.37. The molecule has 2 amide bonds. The number of pyridine rings is 1. The Morgan fingerprint density at radius 2 is 1.86 bits per heavy atom. The number of nitrogens with zero attached hydrogens (tertiary/aromatic N) is 5. The molecule has 6 rings (SSSR count). The van der Waals surface area contributed by atoms with Crippen molar-refractivity contribution in [1.82, 2.24) is 29.7 Å². The summed E-state index contributed by atoms with van der Waals surface area (Å²) in [6.45, 7) is 4.53. The minimum absolute atomic E-state index is 0.0386. The van der Waals surface area contributed by atoms with Crippen molar-refractivity contribution in [3.05, 3.63) is 107 Å². The van der Waals surface area contributed by atoms with Crippen molar-refractivity contribution in [2.45, 2.75) is 34.9 Å². The number of urea groups is 1. The van der Waals surface area contributed by atoms with Gasteiger partial charge >= 0.3 is 6.03 Å². The number of hydrogen-bond acceptors (Lipinski definition) is 9. The summed E-state index contributed by atoms with van der Waals surface area (Å²) >= 11 is 9.41. The Hall–Kier alpha value is -4.69. The first-order valence-electron chi connectivity index (χ1n) is 15.3. The summed E-state index contributed by atoms with van der Waals surface area (Å²) in [5, 5.41) is 38.7. The van der Waals surface area contributed by atoms with E-state index in [0.29, 0.717) is 28.7 Å². The van der Waals surface area contributed by atoms with Crippen LogP contribution >= 0.6 is 35.1 Å². The molecule has 14 heteroatoms. The lowest BCUT2D eigenvalue weighted by molar-refractivity contribution is 0.201. The molecule has 0 aliphatic rings. The van der Waals surface area contributed by atoms with Gasteiger partial charge in [0.1, 0.15) is 23.9 Å². The van der Waals surface area contributed by atoms with E-state index in [1.54, 1.807) is 40.3 Å². The molecule has 0 bridgehead atoms. The maximum absolute atomic E-state index is 13.3. The molecule has 0 spiro atoms. The third kappa shape index (κ3) is 7.81. The van der Waals surface area contributed by atoms with Gasteiger partial charge in [0.25, 0.3) is 0 Å². The molecular weight excluding hydrogens is 682 g/mol. The molecule has 0 fully saturated rings. The van der Waals surface area contributed by atoms with Crippen LogP contribution in [0.1, 0.15) is 25.1 Å². The van der Waals surface area contributed by atoms with Crippen molar-refractivity contribution in [2.75, 3.05) is 24.8 Å². The van der Waals surface area contributed by atoms with E-state index in [1.807, 2.05) is 83.6 Å². The van der Waals surface area contributed by atoms with E-state index in [0.717, 1.165) is 26.6 Å². The molecule has 0 aliphatic heterocycles. The van der Waals surface area contributed by atoms with Crippen LogP contribution in [0.25, 0.3) is 22.7 Å². The number of aliphatic hydroxyl groups excluding tert-OH is 1. The summed E-state index contributed by atoms with van der Waals surface area (Å²) in [7, 11) is 0. The predicted octanol–water partition coefficient (Wildman–Crippen LogP) is 7.38. The van der Waals surface area contributed by atoms with Crippen LogP contribution < -0.4 is 15.4 Å². The van der Waals surface area contributed by atoms with Gasteiger partial charge in [-0.15, -0.1) is 10.2 Å². The Morgan fingerprint density at radius 1 is 1.02 bits per heavy atom. The van der Waals surface area contributed by atoms with Gasteiger partial charge in [-0.2, -0.15) is 16.9 Å². The number of thioether (sulfide) groups is 1. The fourth-order valence-electron chi connectivity index (χ4n) is 4.92. The number of amides is 2. The third-order valence-corrected chi connectivity index (χ3v) is 10.3. The fraction of sp³-hybridized carbons (Fsp3) is 0.200. The zero-order chi connectivity index (χ0) is 34.5. The average Bonchev–Trinajstić information content (AvgIpc) is 3.73. The molecule has 0 saturated heterocycles. The molecule has 0 saturated carbocycles. The molecule has 11 nitrogen and oxygen atoms in total. The van der Waals surface area contributed by atoms with E-state index in [1.165, 1.54) is 6.07 Å². The second kappa shape index (κ2) is 14.8. The molecule has 49 heavy (non-hydrogen) atoms. The molecule has 3 aromatic heterocycles. The first-order chi connectivity index (χ1) is 23.6. The number of phenolic OH excluding ortho intramolecular Hbond substituents is 1. The molecule has 0 aliphatic carbocycles. The van der Waals surface area contributed by atoms with E-state index in [9.17, 15) is 9.90 Å². The highest BCUT2D eigenvalue weighted by molar-refractivity contribution is 7.99. The standard InChI is InChI=1S/C35H34ClN7O4S2/c1-35(2,48-3)30-19-32(43(41-30)24-11-13-28(45)27(36)18-24)38-34(46)37-20-23-7-4-5-10-29(23)49-26-12-14-31-39-40-33(42(31)21-26)22-8-6-9-25(17-22)47-16-15-44/h4-14,17-19,21,44-45H,15-16,20H2,1-3H3,(H2,37,38,46). The topological polar surface area (TPSA) is 139 Å². The number of benzene rings is 3. The van der Waals surface area contributed by atoms with Crippen LogP contribution in [0.15, 0.2) is 101 Å². The molecule has 252 valence electrons. The summed E-state index contributed by atoms with van der Waals surface area (Å²) < 4.78 is 8.81. The molecule has 3 aromatic carbocycles. The van der Waals surface area contributed by atoms with Gasteiger partial charge in [0, 0.05) is 34.2 Å². The number of rotatable bonds is 12. The van der Waals surface area contributed by atoms with Crippen LogP contribution in [-0.2, 0) is 11.3 Å². The van der Waals surface area contributed by atoms with E-state index >= 15 is 0 Å². The molecular formula is C35H34ClN7O4S2. The van der Waals surface area contributed by atoms with Crippen LogP contribution in [0.5, 0.6) is 11.5 Å². The van der Waals surface area contributed by atoms with Gasteiger partial charge < -0.3 is 20.3 Å². The third-order valence-electron chi connectivity index (χ3n) is 7.72. The van der Waals surface area contributed by atoms with Crippen LogP contribution in [-0.4, -0.2) is 60.1 Å². The highest BCUT2D eigenvalue weighted by Gasteiger charge is 2.25. The smallest absolute Gasteiger partial charge is 0.320 e. The summed E-state index contributed by atoms with van der Waals surface area (Å²) in [4.78, 5) is 15.2. The SMILES string of the molecule is CSC(C)(C)c1cc(NC(=O)NCc2ccccc2Sc2ccc3nnc(-c4cccc(OCCO)c4)n3c2)n(-c2ccc(O)c(Cl)c2)n1. The van der Waals surface area contributed by atoms with Crippen molar-refractivity contribution in [2.24, 2.45) is 0 Å². The molecule has 0 unspecified atom stereocenters. The molecule has 4 N–H and O–H groups in total. The lowest BCUT2D eigenvalue weighted by Gasteiger charge is -2.18. The van der Waals surface area contributed by atoms with Gasteiger partial charge in [0.05, 0.1) is 27.8 Å². The largest absolute Gasteiger partial charge is 0.506 e. The first kappa shape index (κ1) is 34.2. The van der Waals surface area contributed by atoms with Crippen molar-refractivity contribution in [3.63, 3.8) is 0 Å². The maximum Gasteiger partial charge on any atom is 0.320 e. The van der Waals surface area contributed by atoms with E-state index in [-0.39, 0.29) is 35.3 Å². The highest BCUT2D eigenvalue weighted by Crippen LogP contribution is 2.36. The van der Waals surface area contributed by atoms with Gasteiger partial charge in [0.2, 0.25) is 0 Å². The van der Waals surface area contributed by atoms with Gasteiger partial charge in [-0.1, -0.05) is 53.7 Å². The summed E-state index contributed by atoms with van der Waals surface area (Å²) in [5.41, 5.74) is 3.84. The summed E-state index contributed by atoms with van der Waals surface area (Å²) in [5.74, 6) is 1.72. The minimum atomic E-state index is -0.403. The Balaban J connectivity index is 1.19. The quantitative estimate of drug-likeness (QED) is 0.102. The molecule has 0 atom stereocenters. The van der Waals surface area contributed by atoms with Gasteiger partial charge in [0.15, 0.2) is 11.5 Å². The van der Waals surface area contributed by atoms with Gasteiger partial charge in [-0.05, 0) is 74.2 Å². The van der Waals surface area contributed by atoms with Crippen molar-refractivity contribution >= 4 is 52.6 Å². The van der Waals surface area contributed by atoms with E-state index < -0.39 is 6.03 Å². The number of phenols is 1. The van der Waals surface area contributed by atoms with Crippen LogP contribution in [0.3, 0.4) is 0 Å². The van der Waals surface area contributed by atoms with Crippen molar-refractivity contribution < 1.29 is 19.7 Å². The minimum Gasteiger partial charge on any atom is -0.506 e. The van der Waals surface area contributed by atoms with Gasteiger partial charge in [-0.3, -0.25) is 9.72 Å². The Bertz CT molecular complexity index is 2120. The normalized spacial score (nSPS) is 11.5. The first-order valence-corrected chi connectivity index (χ1v) is 17.7. The van der Waals surface area contributed by atoms with E-state index in [2.05, 4.69) is 34.7 Å². The zero-order valence-corrected chi connectivity index (χ0v) is 29.3. The lowest BCUT2D eigenvalue weighted by Crippen LogP contribution is -2.29. The van der Waals surface area contributed by atoms with Crippen molar-refractivity contribution in [3.8, 4) is 28.6 Å². The number of halogens is 1. The Morgan fingerprint density at radius 3 is 2.65 bits per heavy atom. The number of anilines is 1. The zero-order valence-electron chi connectivity index (χ0n) is 26.9. The maximum atomic E-state index is 13.3. The Labute approximate surface area is 296 Å². The van der Waals surface area contributed by atoms with E-state index in [4.69, 9.17) is 26.5 Å². The molecule has 3 heterocycles.